The van der Waals surface area contributed by atoms with Crippen molar-refractivity contribution in [2.75, 3.05) is 26.7 Å². The molecule has 1 aliphatic carbocycles. The number of aliphatic carboxylic acids is 2. The van der Waals surface area contributed by atoms with Crippen molar-refractivity contribution in [3.63, 3.8) is 0 Å². The number of carbonyl (C=O) groups is 13. The van der Waals surface area contributed by atoms with E-state index in [1.54, 1.807) is 0 Å². The summed E-state index contributed by atoms with van der Waals surface area (Å²) in [5.41, 5.74) is 5.78. The topological polar surface area (TPSA) is 388 Å². The fraction of sp³-hybridized carbons (Fsp3) is 0.561. The standard InChI is InChI=1S/C57H77F2N9O17/c1-31(62-44(71)13-10-14-50(78)85-68-46(73)18-19-47(68)74)55(82)66(6)32(2)52(79)65-42(29-43(60)70)54(81)64-40(53(80)61-23-21-45(72)63-41(56(83)84)17-20-49(76)77)22-24-67(48(75)30-69)51(57(3,4)5)38-27-35(37-28-36(58)15-16-39(37)59)26-34(38)25-33-11-8-7-9-12-33/h7-9,11-12,15-16,28,31-32,34-35,38,40-42,51,69H,10,13-14,17-27,29-30H2,1-6H3,(H2,60,70)(H,61,80)(H,62,71)(H,63,72)(H,64,81)(H,65,79)(H,76,77)(H,83,84)/t31-,32-,34?,35?,38?,40-,41+,42-,51-/m0/s1. The summed E-state index contributed by atoms with van der Waals surface area (Å²) in [6.07, 6.45) is -2.81. The first-order chi connectivity index (χ1) is 39.9. The number of carbonyl (C=O) groups excluding carboxylic acids is 11. The van der Waals surface area contributed by atoms with Gasteiger partial charge in [-0.3, -0.25) is 52.7 Å². The van der Waals surface area contributed by atoms with Crippen molar-refractivity contribution in [2.24, 2.45) is 23.0 Å². The van der Waals surface area contributed by atoms with Crippen molar-refractivity contribution in [2.45, 2.75) is 160 Å². The number of imide groups is 1. The first kappa shape index (κ1) is 69.1. The Labute approximate surface area is 489 Å². The van der Waals surface area contributed by atoms with Gasteiger partial charge in [0.15, 0.2) is 0 Å². The number of aliphatic hydroxyl groups is 1. The Bertz CT molecular complexity index is 2780. The van der Waals surface area contributed by atoms with Crippen LogP contribution in [0.25, 0.3) is 0 Å². The summed E-state index contributed by atoms with van der Waals surface area (Å²) in [6.45, 7) is 6.19. The predicted molar refractivity (Wildman–Crippen MR) is 295 cm³/mol. The van der Waals surface area contributed by atoms with Crippen LogP contribution in [0.5, 0.6) is 0 Å². The zero-order chi connectivity index (χ0) is 63.5. The van der Waals surface area contributed by atoms with Gasteiger partial charge in [0.25, 0.3) is 11.8 Å². The second kappa shape index (κ2) is 32.0. The number of halogens is 2. The number of nitrogens with two attached hydrogens (primary N) is 1. The number of carboxylic acid groups (broad SMARTS) is 2. The minimum atomic E-state index is -1.84. The molecule has 4 rings (SSSR count). The van der Waals surface area contributed by atoms with Gasteiger partial charge in [-0.05, 0) is 105 Å². The number of primary amides is 1. The lowest BCUT2D eigenvalue weighted by Crippen LogP contribution is -2.59. The number of amides is 10. The zero-order valence-electron chi connectivity index (χ0n) is 48.4. The van der Waals surface area contributed by atoms with Gasteiger partial charge in [0.1, 0.15) is 48.5 Å². The molecular formula is C57H77F2N9O17. The van der Waals surface area contributed by atoms with Gasteiger partial charge >= 0.3 is 17.9 Å². The fourth-order valence-electron chi connectivity index (χ4n) is 10.6. The molecule has 1 saturated carbocycles. The molecule has 10 amide bonds. The normalized spacial score (nSPS) is 17.9. The fourth-order valence-corrected chi connectivity index (χ4v) is 10.6. The van der Waals surface area contributed by atoms with Crippen LogP contribution in [0.2, 0.25) is 0 Å². The van der Waals surface area contributed by atoms with Gasteiger partial charge in [0.05, 0.1) is 6.42 Å². The summed E-state index contributed by atoms with van der Waals surface area (Å²) >= 11 is 0. The molecule has 9 atom stereocenters. The van der Waals surface area contributed by atoms with E-state index in [4.69, 9.17) is 15.7 Å². The second-order valence-electron chi connectivity index (χ2n) is 22.3. The number of aliphatic hydroxyl groups excluding tert-OH is 1. The van der Waals surface area contributed by atoms with Gasteiger partial charge in [0.2, 0.25) is 47.3 Å². The van der Waals surface area contributed by atoms with E-state index in [0.29, 0.717) is 17.9 Å². The highest BCUT2D eigenvalue weighted by molar-refractivity contribution is 6.01. The summed E-state index contributed by atoms with van der Waals surface area (Å²) in [5.74, 6) is -15.2. The van der Waals surface area contributed by atoms with E-state index in [0.717, 1.165) is 28.7 Å². The second-order valence-corrected chi connectivity index (χ2v) is 22.3. The summed E-state index contributed by atoms with van der Waals surface area (Å²) < 4.78 is 30.2. The van der Waals surface area contributed by atoms with Gasteiger partial charge in [-0.15, -0.1) is 5.06 Å². The smallest absolute Gasteiger partial charge is 0.333 e. The van der Waals surface area contributed by atoms with Crippen LogP contribution >= 0.6 is 0 Å². The van der Waals surface area contributed by atoms with Crippen molar-refractivity contribution in [1.82, 2.24) is 41.4 Å². The van der Waals surface area contributed by atoms with E-state index in [-0.39, 0.29) is 56.6 Å². The third-order valence-corrected chi connectivity index (χ3v) is 14.9. The highest BCUT2D eigenvalue weighted by Gasteiger charge is 2.48. The molecule has 0 spiro atoms. The van der Waals surface area contributed by atoms with Crippen LogP contribution in [0.15, 0.2) is 48.5 Å². The number of hydrogen-bond acceptors (Lipinski definition) is 15. The number of benzene rings is 2. The molecule has 28 heteroatoms. The first-order valence-electron chi connectivity index (χ1n) is 27.8. The largest absolute Gasteiger partial charge is 0.481 e. The van der Waals surface area contributed by atoms with Crippen molar-refractivity contribution in [3.05, 3.63) is 71.3 Å². The number of carboxylic acids is 2. The summed E-state index contributed by atoms with van der Waals surface area (Å²) in [7, 11) is 1.20. The molecule has 0 bridgehead atoms. The van der Waals surface area contributed by atoms with E-state index >= 15 is 4.39 Å². The minimum Gasteiger partial charge on any atom is -0.481 e. The molecule has 2 aromatic carbocycles. The summed E-state index contributed by atoms with van der Waals surface area (Å²) in [5, 5.41) is 41.4. The molecular weight excluding hydrogens is 1120 g/mol. The van der Waals surface area contributed by atoms with Crippen molar-refractivity contribution in [1.29, 1.82) is 0 Å². The third-order valence-electron chi connectivity index (χ3n) is 14.9. The third kappa shape index (κ3) is 21.0. The van der Waals surface area contributed by atoms with E-state index in [9.17, 15) is 76.9 Å². The van der Waals surface area contributed by atoms with E-state index in [1.165, 1.54) is 25.8 Å². The van der Waals surface area contributed by atoms with E-state index < -0.39 is 187 Å². The van der Waals surface area contributed by atoms with Gasteiger partial charge in [0, 0.05) is 64.7 Å². The number of nitrogens with zero attached hydrogens (tertiary/aromatic N) is 3. The van der Waals surface area contributed by atoms with Crippen molar-refractivity contribution in [3.8, 4) is 0 Å². The molecule has 1 saturated heterocycles. The Hall–Kier alpha value is -8.43. The SMILES string of the molecule is C[C@H](NC(=O)CCCC(=O)ON1C(=O)CCC1=O)C(=O)N(C)[C@@H](C)C(=O)N[C@@H](CC(N)=O)C(=O)N[C@@H](CCN(C(=O)CO)[C@@H](C1CC(c2cc(F)ccc2F)CC1Cc1ccccc1)C(C)(C)C)C(=O)NCCC(=O)N[C@H](CCC(=O)O)C(=O)O. The number of nitrogens with one attached hydrogen (secondary N) is 5. The summed E-state index contributed by atoms with van der Waals surface area (Å²) in [4.78, 5) is 174. The van der Waals surface area contributed by atoms with Gasteiger partial charge < -0.3 is 62.3 Å². The Morgan fingerprint density at radius 2 is 1.41 bits per heavy atom. The molecule has 10 N–H and O–H groups in total. The van der Waals surface area contributed by atoms with Crippen LogP contribution in [0.1, 0.15) is 129 Å². The highest BCUT2D eigenvalue weighted by Crippen LogP contribution is 2.50. The molecule has 2 aliphatic rings. The van der Waals surface area contributed by atoms with E-state index in [2.05, 4.69) is 26.6 Å². The maximum Gasteiger partial charge on any atom is 0.333 e. The Kier molecular flexibility index (Phi) is 26.0. The van der Waals surface area contributed by atoms with E-state index in [1.807, 2.05) is 51.1 Å². The van der Waals surface area contributed by atoms with Crippen LogP contribution in [0.3, 0.4) is 0 Å². The molecule has 1 aliphatic heterocycles. The van der Waals surface area contributed by atoms with Crippen molar-refractivity contribution < 1.29 is 91.3 Å². The molecule has 26 nitrogen and oxygen atoms in total. The first-order valence-corrected chi connectivity index (χ1v) is 27.8. The number of hydroxylamine groups is 2. The predicted octanol–water partition coefficient (Wildman–Crippen LogP) is 0.858. The maximum absolute atomic E-state index is 15.5. The Morgan fingerprint density at radius 1 is 0.776 bits per heavy atom. The van der Waals surface area contributed by atoms with Crippen LogP contribution in [0, 0.1) is 28.9 Å². The number of hydrogen-bond donors (Lipinski definition) is 9. The molecule has 3 unspecified atom stereocenters. The minimum absolute atomic E-state index is 0.0958. The Morgan fingerprint density at radius 3 is 2.01 bits per heavy atom. The van der Waals surface area contributed by atoms with Gasteiger partial charge in [-0.1, -0.05) is 51.1 Å². The average Bonchev–Trinajstić information content (AvgIpc) is 2.39. The molecule has 2 aromatic rings. The summed E-state index contributed by atoms with van der Waals surface area (Å²) in [6, 6.07) is 3.97. The van der Waals surface area contributed by atoms with Gasteiger partial charge in [-0.2, -0.15) is 0 Å². The molecule has 0 radical (unpaired) electrons. The van der Waals surface area contributed by atoms with Crippen LogP contribution in [-0.4, -0.2) is 170 Å². The van der Waals surface area contributed by atoms with Crippen LogP contribution in [-0.2, 0) is 73.6 Å². The zero-order valence-corrected chi connectivity index (χ0v) is 48.4. The van der Waals surface area contributed by atoms with Crippen LogP contribution in [0.4, 0.5) is 8.78 Å². The quantitative estimate of drug-likeness (QED) is 0.0459. The average molecular weight is 1200 g/mol. The molecule has 1 heterocycles. The Balaban J connectivity index is 1.59. The lowest BCUT2D eigenvalue weighted by molar-refractivity contribution is -0.197. The lowest BCUT2D eigenvalue weighted by Gasteiger charge is -2.46. The lowest BCUT2D eigenvalue weighted by atomic mass is 9.72. The van der Waals surface area contributed by atoms with Crippen LogP contribution < -0.4 is 32.3 Å². The highest BCUT2D eigenvalue weighted by atomic mass is 19.1. The molecule has 466 valence electrons. The number of rotatable bonds is 32. The monoisotopic (exact) mass is 1200 g/mol. The maximum atomic E-state index is 15.5. The number of likely N-dealkylation sites (N-methyl/N-ethyl adjacent to an activating group) is 1. The van der Waals surface area contributed by atoms with Crippen molar-refractivity contribution >= 4 is 77.0 Å². The molecule has 85 heavy (non-hydrogen) atoms. The molecule has 0 aromatic heterocycles. The van der Waals surface area contributed by atoms with Gasteiger partial charge in [-0.25, -0.2) is 18.4 Å². The molecule has 2 fully saturated rings.